The van der Waals surface area contributed by atoms with Crippen LogP contribution in [0.3, 0.4) is 0 Å². The zero-order chi connectivity index (χ0) is 35.0. The van der Waals surface area contributed by atoms with Gasteiger partial charge in [0.15, 0.2) is 0 Å². The number of methoxy groups -OCH3 is 2. The van der Waals surface area contributed by atoms with Crippen LogP contribution in [0.25, 0.3) is 16.7 Å². The molecule has 51 heavy (non-hydrogen) atoms. The van der Waals surface area contributed by atoms with Crippen LogP contribution in [0.1, 0.15) is 35.2 Å². The minimum Gasteiger partial charge on any atom is -0.496 e. The number of rotatable bonds is 14. The van der Waals surface area contributed by atoms with Crippen molar-refractivity contribution in [2.45, 2.75) is 31.2 Å². The number of hydrogen-bond donors (Lipinski definition) is 0. The summed E-state index contributed by atoms with van der Waals surface area (Å²) in [5, 5.41) is 11.5. The predicted octanol–water partition coefficient (Wildman–Crippen LogP) is 4.07. The standard InChI is InChI=1S/C38H47N9O4/c1-49-25-26-51-24-23-46-34-12-7-6-11-33(34)40-37(46)44-18-8-17-43(21-22-44)19-15-38(30-9-4-3-5-10-30)16-20-45(28-38)36(48)32-27-31(13-14-35(32)50-2)47-29-39-41-42-47/h3-7,9-14,27,29H,8,15-26,28H2,1-2H3. The first kappa shape index (κ1) is 34.6. The van der Waals surface area contributed by atoms with Gasteiger partial charge in [0.25, 0.3) is 5.91 Å². The van der Waals surface area contributed by atoms with Crippen LogP contribution < -0.4 is 9.64 Å². The first-order chi connectivity index (χ1) is 25.1. The average Bonchev–Trinajstić information content (AvgIpc) is 3.91. The fourth-order valence-electron chi connectivity index (χ4n) is 7.57. The fourth-order valence-corrected chi connectivity index (χ4v) is 7.57. The van der Waals surface area contributed by atoms with Gasteiger partial charge in [-0.05, 0) is 78.7 Å². The maximum atomic E-state index is 14.1. The Balaban J connectivity index is 1.04. The number of para-hydroxylation sites is 2. The molecule has 268 valence electrons. The average molecular weight is 694 g/mol. The van der Waals surface area contributed by atoms with Crippen molar-refractivity contribution < 1.29 is 19.0 Å². The van der Waals surface area contributed by atoms with Crippen LogP contribution >= 0.6 is 0 Å². The quantitative estimate of drug-likeness (QED) is 0.158. The smallest absolute Gasteiger partial charge is 0.257 e. The zero-order valence-electron chi connectivity index (χ0n) is 29.6. The number of anilines is 1. The Bertz CT molecular complexity index is 1880. The van der Waals surface area contributed by atoms with E-state index in [9.17, 15) is 4.79 Å². The molecule has 1 atom stereocenters. The summed E-state index contributed by atoms with van der Waals surface area (Å²) >= 11 is 0. The van der Waals surface area contributed by atoms with Crippen LogP contribution in [0.5, 0.6) is 5.75 Å². The van der Waals surface area contributed by atoms with Gasteiger partial charge in [0.05, 0.1) is 49.2 Å². The van der Waals surface area contributed by atoms with E-state index in [1.165, 1.54) is 11.9 Å². The van der Waals surface area contributed by atoms with Gasteiger partial charge in [0, 0.05) is 51.8 Å². The molecule has 5 aromatic rings. The molecule has 2 aliphatic rings. The summed E-state index contributed by atoms with van der Waals surface area (Å²) in [7, 11) is 3.29. The van der Waals surface area contributed by atoms with E-state index in [1.54, 1.807) is 25.0 Å². The first-order valence-corrected chi connectivity index (χ1v) is 17.8. The summed E-state index contributed by atoms with van der Waals surface area (Å²) in [4.78, 5) is 26.3. The lowest BCUT2D eigenvalue weighted by Gasteiger charge is -2.33. The number of nitrogens with zero attached hydrogens (tertiary/aromatic N) is 9. The molecule has 2 fully saturated rings. The third-order valence-electron chi connectivity index (χ3n) is 10.4. The Hall–Kier alpha value is -4.85. The van der Waals surface area contributed by atoms with Crippen LogP contribution in [0.15, 0.2) is 79.1 Å². The number of amides is 1. The number of carbonyl (C=O) groups is 1. The van der Waals surface area contributed by atoms with E-state index < -0.39 is 0 Å². The molecule has 4 heterocycles. The second-order valence-electron chi connectivity index (χ2n) is 13.4. The summed E-state index contributed by atoms with van der Waals surface area (Å²) in [6.07, 6.45) is 4.42. The van der Waals surface area contributed by atoms with Crippen molar-refractivity contribution >= 4 is 22.9 Å². The zero-order valence-corrected chi connectivity index (χ0v) is 29.6. The van der Waals surface area contributed by atoms with Gasteiger partial charge in [-0.25, -0.2) is 9.67 Å². The lowest BCUT2D eigenvalue weighted by Crippen LogP contribution is -2.39. The predicted molar refractivity (Wildman–Crippen MR) is 195 cm³/mol. The number of likely N-dealkylation sites (tertiary alicyclic amines) is 1. The second-order valence-corrected chi connectivity index (χ2v) is 13.4. The number of hydrogen-bond acceptors (Lipinski definition) is 10. The number of aromatic nitrogens is 6. The number of fused-ring (bicyclic) bond motifs is 1. The molecule has 0 aliphatic carbocycles. The second kappa shape index (κ2) is 16.0. The Morgan fingerprint density at radius 1 is 0.882 bits per heavy atom. The molecule has 0 spiro atoms. The van der Waals surface area contributed by atoms with Gasteiger partial charge in [-0.1, -0.05) is 42.5 Å². The molecule has 2 aromatic heterocycles. The van der Waals surface area contributed by atoms with Crippen molar-refractivity contribution in [2.75, 3.05) is 84.8 Å². The van der Waals surface area contributed by atoms with Crippen molar-refractivity contribution in [3.05, 3.63) is 90.3 Å². The molecule has 0 radical (unpaired) electrons. The molecule has 2 saturated heterocycles. The minimum absolute atomic E-state index is 0.0445. The highest BCUT2D eigenvalue weighted by Gasteiger charge is 2.42. The monoisotopic (exact) mass is 693 g/mol. The van der Waals surface area contributed by atoms with Gasteiger partial charge in [-0.15, -0.1) is 5.10 Å². The topological polar surface area (TPSA) is 116 Å². The molecule has 0 bridgehead atoms. The summed E-state index contributed by atoms with van der Waals surface area (Å²) < 4.78 is 20.5. The van der Waals surface area contributed by atoms with Crippen LogP contribution in [0.2, 0.25) is 0 Å². The summed E-state index contributed by atoms with van der Waals surface area (Å²) in [5.74, 6) is 1.51. The summed E-state index contributed by atoms with van der Waals surface area (Å²) in [6, 6.07) is 24.5. The maximum Gasteiger partial charge on any atom is 0.257 e. The SMILES string of the molecule is COCCOCCn1c(N2CCCN(CCC3(c4ccccc4)CCN(C(=O)c4cc(-n5cnnn5)ccc4OC)C3)CC2)nc2ccccc21. The van der Waals surface area contributed by atoms with Crippen LogP contribution in [-0.4, -0.2) is 125 Å². The molecule has 3 aromatic carbocycles. The van der Waals surface area contributed by atoms with E-state index in [0.717, 1.165) is 75.5 Å². The molecule has 2 aliphatic heterocycles. The molecule has 0 N–H and O–H groups in total. The van der Waals surface area contributed by atoms with Crippen LogP contribution in [-0.2, 0) is 21.4 Å². The van der Waals surface area contributed by atoms with E-state index in [1.807, 2.05) is 23.1 Å². The van der Waals surface area contributed by atoms with E-state index in [-0.39, 0.29) is 11.3 Å². The van der Waals surface area contributed by atoms with Crippen molar-refractivity contribution in [1.82, 2.24) is 39.6 Å². The molecule has 1 amide bonds. The van der Waals surface area contributed by atoms with Crippen molar-refractivity contribution in [3.8, 4) is 11.4 Å². The van der Waals surface area contributed by atoms with Crippen molar-refractivity contribution in [3.63, 3.8) is 0 Å². The van der Waals surface area contributed by atoms with Crippen LogP contribution in [0.4, 0.5) is 5.95 Å². The van der Waals surface area contributed by atoms with Gasteiger partial charge in [0.1, 0.15) is 12.1 Å². The Morgan fingerprint density at radius 2 is 1.75 bits per heavy atom. The summed E-state index contributed by atoms with van der Waals surface area (Å²) in [5.41, 5.74) is 4.49. The number of ether oxygens (including phenoxy) is 3. The van der Waals surface area contributed by atoms with Crippen molar-refractivity contribution in [2.24, 2.45) is 0 Å². The Morgan fingerprint density at radius 3 is 2.57 bits per heavy atom. The fraction of sp³-hybridized carbons (Fsp3) is 0.447. The lowest BCUT2D eigenvalue weighted by molar-refractivity contribution is 0.0670. The maximum absolute atomic E-state index is 14.1. The van der Waals surface area contributed by atoms with E-state index in [0.29, 0.717) is 49.9 Å². The molecule has 7 rings (SSSR count). The third-order valence-corrected chi connectivity index (χ3v) is 10.4. The first-order valence-electron chi connectivity index (χ1n) is 17.8. The Labute approximate surface area is 298 Å². The highest BCUT2D eigenvalue weighted by atomic mass is 16.5. The molecular weight excluding hydrogens is 646 g/mol. The Kier molecular flexibility index (Phi) is 10.9. The van der Waals surface area contributed by atoms with E-state index >= 15 is 0 Å². The van der Waals surface area contributed by atoms with Gasteiger partial charge in [-0.3, -0.25) is 4.79 Å². The highest BCUT2D eigenvalue weighted by molar-refractivity contribution is 5.98. The largest absolute Gasteiger partial charge is 0.496 e. The van der Waals surface area contributed by atoms with Crippen LogP contribution in [0, 0.1) is 0 Å². The summed E-state index contributed by atoms with van der Waals surface area (Å²) in [6.45, 7) is 8.59. The van der Waals surface area contributed by atoms with E-state index in [2.05, 4.69) is 78.4 Å². The molecule has 0 saturated carbocycles. The van der Waals surface area contributed by atoms with Crippen molar-refractivity contribution in [1.29, 1.82) is 0 Å². The molecule has 13 nitrogen and oxygen atoms in total. The molecular formula is C38H47N9O4. The molecule has 13 heteroatoms. The lowest BCUT2D eigenvalue weighted by atomic mass is 9.76. The van der Waals surface area contributed by atoms with Gasteiger partial charge < -0.3 is 33.5 Å². The van der Waals surface area contributed by atoms with Gasteiger partial charge in [-0.2, -0.15) is 0 Å². The number of tetrazole rings is 1. The number of benzene rings is 3. The number of imidazole rings is 1. The molecule has 1 unspecified atom stereocenters. The van der Waals surface area contributed by atoms with Gasteiger partial charge >= 0.3 is 0 Å². The normalized spacial score (nSPS) is 18.4. The minimum atomic E-state index is -0.152. The third kappa shape index (κ3) is 7.60. The van der Waals surface area contributed by atoms with Gasteiger partial charge in [0.2, 0.25) is 5.95 Å². The van der Waals surface area contributed by atoms with E-state index in [4.69, 9.17) is 19.2 Å². The number of carbonyl (C=O) groups excluding carboxylic acids is 1. The highest BCUT2D eigenvalue weighted by Crippen LogP contribution is 2.39.